The van der Waals surface area contributed by atoms with Gasteiger partial charge in [0.25, 0.3) is 0 Å². The van der Waals surface area contributed by atoms with Crippen LogP contribution in [-0.4, -0.2) is 26.0 Å². The lowest BCUT2D eigenvalue weighted by molar-refractivity contribution is 0.173. The number of imidazole rings is 1. The highest BCUT2D eigenvalue weighted by Crippen LogP contribution is 2.16. The Morgan fingerprint density at radius 2 is 2.00 bits per heavy atom. The molecule has 0 amide bonds. The average Bonchev–Trinajstić information content (AvgIpc) is 2.90. The van der Waals surface area contributed by atoms with Crippen molar-refractivity contribution in [2.75, 3.05) is 6.54 Å². The fraction of sp³-hybridized carbons (Fsp3) is 0.333. The highest BCUT2D eigenvalue weighted by atomic mass is 16.3. The summed E-state index contributed by atoms with van der Waals surface area (Å²) in [5.41, 5.74) is 5.19. The van der Waals surface area contributed by atoms with Gasteiger partial charge >= 0.3 is 0 Å². The molecular formula is C18H22N4O. The predicted octanol–water partition coefficient (Wildman–Crippen LogP) is 2.48. The van der Waals surface area contributed by atoms with E-state index >= 15 is 0 Å². The maximum atomic E-state index is 10.3. The molecule has 0 spiro atoms. The van der Waals surface area contributed by atoms with Crippen LogP contribution >= 0.6 is 0 Å². The SMILES string of the molecule is Cc1cc(C)n2c(CNCC(O)c3ccccc3C)cnc2n1. The lowest BCUT2D eigenvalue weighted by atomic mass is 10.0. The normalized spacial score (nSPS) is 12.7. The van der Waals surface area contributed by atoms with Gasteiger partial charge in [-0.3, -0.25) is 4.40 Å². The first-order valence-electron chi connectivity index (χ1n) is 7.81. The Bertz CT molecular complexity index is 825. The molecule has 0 radical (unpaired) electrons. The zero-order valence-electron chi connectivity index (χ0n) is 13.7. The Kier molecular flexibility index (Phi) is 4.41. The molecule has 0 bridgehead atoms. The van der Waals surface area contributed by atoms with E-state index in [9.17, 15) is 5.11 Å². The molecule has 3 aromatic rings. The summed E-state index contributed by atoms with van der Waals surface area (Å²) in [6, 6.07) is 9.95. The van der Waals surface area contributed by atoms with Crippen LogP contribution in [0.4, 0.5) is 0 Å². The van der Waals surface area contributed by atoms with Crippen LogP contribution in [0.1, 0.15) is 34.3 Å². The largest absolute Gasteiger partial charge is 0.387 e. The van der Waals surface area contributed by atoms with Crippen molar-refractivity contribution in [2.45, 2.75) is 33.4 Å². The number of nitrogens with zero attached hydrogens (tertiary/aromatic N) is 3. The molecule has 0 saturated carbocycles. The third kappa shape index (κ3) is 3.25. The van der Waals surface area contributed by atoms with Crippen molar-refractivity contribution in [3.63, 3.8) is 0 Å². The van der Waals surface area contributed by atoms with Crippen molar-refractivity contribution in [3.05, 3.63) is 64.7 Å². The van der Waals surface area contributed by atoms with Crippen LogP contribution in [-0.2, 0) is 6.54 Å². The summed E-state index contributed by atoms with van der Waals surface area (Å²) in [6.07, 6.45) is 1.32. The minimum Gasteiger partial charge on any atom is -0.387 e. The fourth-order valence-corrected chi connectivity index (χ4v) is 2.93. The lowest BCUT2D eigenvalue weighted by Crippen LogP contribution is -2.22. The van der Waals surface area contributed by atoms with E-state index in [1.165, 1.54) is 0 Å². The van der Waals surface area contributed by atoms with Crippen LogP contribution < -0.4 is 5.32 Å². The molecular weight excluding hydrogens is 288 g/mol. The molecule has 0 aliphatic carbocycles. The first-order chi connectivity index (χ1) is 11.1. The molecule has 3 rings (SSSR count). The van der Waals surface area contributed by atoms with Gasteiger partial charge in [-0.05, 0) is 38.0 Å². The van der Waals surface area contributed by atoms with E-state index in [-0.39, 0.29) is 0 Å². The van der Waals surface area contributed by atoms with Gasteiger partial charge < -0.3 is 10.4 Å². The Balaban J connectivity index is 1.69. The van der Waals surface area contributed by atoms with Crippen molar-refractivity contribution < 1.29 is 5.11 Å². The Labute approximate surface area is 136 Å². The highest BCUT2D eigenvalue weighted by molar-refractivity contribution is 5.35. The zero-order chi connectivity index (χ0) is 16.4. The topological polar surface area (TPSA) is 62.5 Å². The minimum absolute atomic E-state index is 0.496. The van der Waals surface area contributed by atoms with Gasteiger partial charge in [-0.1, -0.05) is 24.3 Å². The number of hydrogen-bond acceptors (Lipinski definition) is 4. The van der Waals surface area contributed by atoms with E-state index in [0.29, 0.717) is 13.1 Å². The summed E-state index contributed by atoms with van der Waals surface area (Å²) in [5, 5.41) is 13.6. The number of aryl methyl sites for hydroxylation is 3. The number of rotatable bonds is 5. The van der Waals surface area contributed by atoms with E-state index < -0.39 is 6.10 Å². The summed E-state index contributed by atoms with van der Waals surface area (Å²) >= 11 is 0. The first-order valence-corrected chi connectivity index (χ1v) is 7.81. The maximum absolute atomic E-state index is 10.3. The number of benzene rings is 1. The summed E-state index contributed by atoms with van der Waals surface area (Å²) in [7, 11) is 0. The Morgan fingerprint density at radius 1 is 1.22 bits per heavy atom. The van der Waals surface area contributed by atoms with E-state index in [2.05, 4.69) is 22.2 Å². The Morgan fingerprint density at radius 3 is 2.78 bits per heavy atom. The van der Waals surface area contributed by atoms with Crippen molar-refractivity contribution in [3.8, 4) is 0 Å². The molecule has 5 heteroatoms. The van der Waals surface area contributed by atoms with Gasteiger partial charge in [0.2, 0.25) is 5.78 Å². The average molecular weight is 310 g/mol. The van der Waals surface area contributed by atoms with Crippen molar-refractivity contribution in [1.82, 2.24) is 19.7 Å². The highest BCUT2D eigenvalue weighted by Gasteiger charge is 2.11. The summed E-state index contributed by atoms with van der Waals surface area (Å²) in [5.74, 6) is 0.721. The smallest absolute Gasteiger partial charge is 0.234 e. The Hall–Kier alpha value is -2.24. The van der Waals surface area contributed by atoms with Crippen LogP contribution in [0.3, 0.4) is 0 Å². The molecule has 0 aliphatic heterocycles. The number of aliphatic hydroxyl groups excluding tert-OH is 1. The second-order valence-corrected chi connectivity index (χ2v) is 5.93. The van der Waals surface area contributed by atoms with Crippen LogP contribution in [0.25, 0.3) is 5.78 Å². The van der Waals surface area contributed by atoms with Gasteiger partial charge in [-0.25, -0.2) is 9.97 Å². The van der Waals surface area contributed by atoms with Crippen molar-refractivity contribution in [2.24, 2.45) is 0 Å². The van der Waals surface area contributed by atoms with Gasteiger partial charge in [0.15, 0.2) is 0 Å². The van der Waals surface area contributed by atoms with Crippen LogP contribution in [0.15, 0.2) is 36.5 Å². The van der Waals surface area contributed by atoms with Crippen LogP contribution in [0.2, 0.25) is 0 Å². The molecule has 0 aliphatic rings. The maximum Gasteiger partial charge on any atom is 0.234 e. The first kappa shape index (κ1) is 15.6. The number of aliphatic hydroxyl groups is 1. The summed E-state index contributed by atoms with van der Waals surface area (Å²) in [6.45, 7) is 7.17. The van der Waals surface area contributed by atoms with Crippen molar-refractivity contribution in [1.29, 1.82) is 0 Å². The molecule has 0 fully saturated rings. The third-order valence-electron chi connectivity index (χ3n) is 4.05. The second kappa shape index (κ2) is 6.48. The van der Waals surface area contributed by atoms with E-state index in [0.717, 1.165) is 34.0 Å². The molecule has 2 N–H and O–H groups in total. The molecule has 1 aromatic carbocycles. The monoisotopic (exact) mass is 310 g/mol. The second-order valence-electron chi connectivity index (χ2n) is 5.93. The summed E-state index contributed by atoms with van der Waals surface area (Å²) < 4.78 is 2.04. The lowest BCUT2D eigenvalue weighted by Gasteiger charge is -2.14. The third-order valence-corrected chi connectivity index (χ3v) is 4.05. The van der Waals surface area contributed by atoms with Gasteiger partial charge in [0.05, 0.1) is 18.0 Å². The summed E-state index contributed by atoms with van der Waals surface area (Å²) in [4.78, 5) is 8.79. The van der Waals surface area contributed by atoms with Gasteiger partial charge in [0.1, 0.15) is 0 Å². The van der Waals surface area contributed by atoms with E-state index in [1.807, 2.05) is 54.8 Å². The van der Waals surface area contributed by atoms with E-state index in [4.69, 9.17) is 0 Å². The standard InChI is InChI=1S/C18H22N4O/c1-12-6-4-5-7-16(12)17(23)11-19-9-15-10-20-18-21-13(2)8-14(3)22(15)18/h4-8,10,17,19,23H,9,11H2,1-3H3. The van der Waals surface area contributed by atoms with Crippen LogP contribution in [0.5, 0.6) is 0 Å². The number of hydrogen-bond donors (Lipinski definition) is 2. The van der Waals surface area contributed by atoms with Crippen LogP contribution in [0, 0.1) is 20.8 Å². The van der Waals surface area contributed by atoms with Gasteiger partial charge in [0, 0.05) is 24.5 Å². The molecule has 2 aromatic heterocycles. The predicted molar refractivity (Wildman–Crippen MR) is 90.3 cm³/mol. The number of nitrogens with one attached hydrogen (secondary N) is 1. The molecule has 1 unspecified atom stereocenters. The zero-order valence-corrected chi connectivity index (χ0v) is 13.7. The molecule has 0 saturated heterocycles. The van der Waals surface area contributed by atoms with E-state index in [1.54, 1.807) is 0 Å². The number of fused-ring (bicyclic) bond motifs is 1. The van der Waals surface area contributed by atoms with Crippen molar-refractivity contribution >= 4 is 5.78 Å². The van der Waals surface area contributed by atoms with Gasteiger partial charge in [-0.2, -0.15) is 0 Å². The molecule has 5 nitrogen and oxygen atoms in total. The molecule has 2 heterocycles. The fourth-order valence-electron chi connectivity index (χ4n) is 2.93. The minimum atomic E-state index is -0.517. The quantitative estimate of drug-likeness (QED) is 0.760. The number of aromatic nitrogens is 3. The molecule has 120 valence electrons. The van der Waals surface area contributed by atoms with Gasteiger partial charge in [-0.15, -0.1) is 0 Å². The molecule has 23 heavy (non-hydrogen) atoms. The molecule has 1 atom stereocenters.